The van der Waals surface area contributed by atoms with E-state index < -0.39 is 49.3 Å². The van der Waals surface area contributed by atoms with Gasteiger partial charge in [0.2, 0.25) is 0 Å². The van der Waals surface area contributed by atoms with Crippen LogP contribution >= 0.6 is 0 Å². The van der Waals surface area contributed by atoms with E-state index in [4.69, 9.17) is 40.9 Å². The van der Waals surface area contributed by atoms with Gasteiger partial charge in [-0.25, -0.2) is 0 Å². The van der Waals surface area contributed by atoms with Gasteiger partial charge in [-0.15, -0.1) is 0 Å². The van der Waals surface area contributed by atoms with Crippen LogP contribution in [0.1, 0.15) is 6.92 Å². The Hall–Kier alpha value is -0.980. The Labute approximate surface area is 120 Å². The van der Waals surface area contributed by atoms with E-state index in [2.05, 4.69) is 0 Å². The molecule has 0 spiro atoms. The molecule has 10 nitrogen and oxygen atoms in total. The van der Waals surface area contributed by atoms with Crippen LogP contribution in [-0.4, -0.2) is 103 Å². The second kappa shape index (κ2) is 11.7. The van der Waals surface area contributed by atoms with Crippen molar-refractivity contribution >= 4 is 12.6 Å². The molecule has 0 heterocycles. The molecule has 0 bridgehead atoms. The van der Waals surface area contributed by atoms with Crippen LogP contribution in [-0.2, 0) is 9.59 Å². The van der Waals surface area contributed by atoms with Crippen molar-refractivity contribution in [1.29, 1.82) is 0 Å². The monoisotopic (exact) mass is 314 g/mol. The maximum atomic E-state index is 9.87. The van der Waals surface area contributed by atoms with Gasteiger partial charge in [-0.3, -0.25) is 0 Å². The van der Waals surface area contributed by atoms with E-state index in [0.717, 1.165) is 0 Å². The lowest BCUT2D eigenvalue weighted by Gasteiger charge is -2.21. The third-order valence-corrected chi connectivity index (χ3v) is 2.40. The summed E-state index contributed by atoms with van der Waals surface area (Å²) in [5.41, 5.74) is 0. The maximum absolute atomic E-state index is 9.87. The summed E-state index contributed by atoms with van der Waals surface area (Å²) < 4.78 is 0. The van der Waals surface area contributed by atoms with Gasteiger partial charge in [0.1, 0.15) is 36.6 Å². The quantitative estimate of drug-likeness (QED) is 0.201. The number of carbonyl (C=O) groups excluding carboxylic acids is 2. The molecule has 0 saturated heterocycles. The average Bonchev–Trinajstić information content (AvgIpc) is 2.50. The van der Waals surface area contributed by atoms with Crippen molar-refractivity contribution in [2.24, 2.45) is 0 Å². The first-order chi connectivity index (χ1) is 9.63. The molecule has 10 heteroatoms. The van der Waals surface area contributed by atoms with Gasteiger partial charge in [0.25, 0.3) is 0 Å². The number of aliphatic hydroxyl groups is 8. The molecule has 0 saturated carbocycles. The topological polar surface area (TPSA) is 196 Å². The molecule has 126 valence electrons. The van der Waals surface area contributed by atoms with Crippen molar-refractivity contribution in [2.45, 2.75) is 49.7 Å². The van der Waals surface area contributed by atoms with Crippen LogP contribution in [0.3, 0.4) is 0 Å². The summed E-state index contributed by atoms with van der Waals surface area (Å²) in [5, 5.41) is 69.2. The highest BCUT2D eigenvalue weighted by molar-refractivity contribution is 5.57. The van der Waals surface area contributed by atoms with E-state index in [1.807, 2.05) is 0 Å². The molecule has 0 aromatic carbocycles. The van der Waals surface area contributed by atoms with Gasteiger partial charge in [0.05, 0.1) is 12.7 Å². The smallest absolute Gasteiger partial charge is 0.151 e. The lowest BCUT2D eigenvalue weighted by Crippen LogP contribution is -2.43. The van der Waals surface area contributed by atoms with E-state index in [0.29, 0.717) is 0 Å². The van der Waals surface area contributed by atoms with Crippen LogP contribution in [0.2, 0.25) is 0 Å². The van der Waals surface area contributed by atoms with Crippen molar-refractivity contribution < 1.29 is 50.4 Å². The van der Waals surface area contributed by atoms with Gasteiger partial charge in [-0.05, 0) is 6.92 Å². The molecular weight excluding hydrogens is 292 g/mol. The SMILES string of the molecule is C[C@H](O)[C@H](O)[C@@H](O)[C@@H](O)C=O.O=CC(O)C(O)C(O)CO. The Morgan fingerprint density at radius 1 is 0.762 bits per heavy atom. The van der Waals surface area contributed by atoms with Crippen LogP contribution in [0.5, 0.6) is 0 Å². The molecule has 7 atom stereocenters. The molecule has 0 aliphatic heterocycles. The standard InChI is InChI=1S/C6H12O5.C5H10O5/c1-3(8)5(10)6(11)4(9)2-7;6-1-3(8)5(10)4(9)2-7/h2-6,8-11H,1H3;1,3-5,7-10H,2H2/t3-,4-,5-,6-;/m0./s1. The van der Waals surface area contributed by atoms with Crippen molar-refractivity contribution in [3.8, 4) is 0 Å². The first kappa shape index (κ1) is 22.3. The van der Waals surface area contributed by atoms with Crippen LogP contribution in [0.15, 0.2) is 0 Å². The molecule has 0 amide bonds. The van der Waals surface area contributed by atoms with Crippen molar-refractivity contribution in [1.82, 2.24) is 0 Å². The number of hydrogen-bond acceptors (Lipinski definition) is 10. The molecule has 0 aromatic heterocycles. The van der Waals surface area contributed by atoms with Crippen molar-refractivity contribution in [3.05, 3.63) is 0 Å². The second-order valence-electron chi connectivity index (χ2n) is 4.22. The highest BCUT2D eigenvalue weighted by atomic mass is 16.4. The Kier molecular flexibility index (Phi) is 12.4. The van der Waals surface area contributed by atoms with Gasteiger partial charge in [0.15, 0.2) is 12.6 Å². The minimum atomic E-state index is -1.65. The first-order valence-electron chi connectivity index (χ1n) is 5.91. The van der Waals surface area contributed by atoms with Gasteiger partial charge < -0.3 is 50.4 Å². The normalized spacial score (nSPS) is 20.8. The summed E-state index contributed by atoms with van der Waals surface area (Å²) in [6.07, 6.45) is -10.5. The molecular formula is C11H22O10. The van der Waals surface area contributed by atoms with Crippen molar-refractivity contribution in [3.63, 3.8) is 0 Å². The molecule has 8 N–H and O–H groups in total. The van der Waals surface area contributed by atoms with E-state index in [-0.39, 0.29) is 12.6 Å². The minimum Gasteiger partial charge on any atom is -0.394 e. The fourth-order valence-electron chi connectivity index (χ4n) is 0.984. The van der Waals surface area contributed by atoms with Crippen molar-refractivity contribution in [2.75, 3.05) is 6.61 Å². The van der Waals surface area contributed by atoms with Gasteiger partial charge in [-0.2, -0.15) is 0 Å². The lowest BCUT2D eigenvalue weighted by molar-refractivity contribution is -0.132. The molecule has 0 fully saturated rings. The van der Waals surface area contributed by atoms with Crippen LogP contribution < -0.4 is 0 Å². The Balaban J connectivity index is 0. The minimum absolute atomic E-state index is 0.0869. The maximum Gasteiger partial charge on any atom is 0.151 e. The van der Waals surface area contributed by atoms with Crippen LogP contribution in [0.25, 0.3) is 0 Å². The summed E-state index contributed by atoms with van der Waals surface area (Å²) in [5.74, 6) is 0. The Bertz CT molecular complexity index is 284. The number of carbonyl (C=O) groups is 2. The van der Waals surface area contributed by atoms with E-state index in [1.54, 1.807) is 0 Å². The molecule has 0 radical (unpaired) electrons. The predicted octanol–water partition coefficient (Wildman–Crippen LogP) is -5.09. The summed E-state index contributed by atoms with van der Waals surface area (Å²) in [6.45, 7) is 0.553. The number of aldehydes is 2. The summed E-state index contributed by atoms with van der Waals surface area (Å²) in [7, 11) is 0. The molecule has 0 rings (SSSR count). The zero-order valence-electron chi connectivity index (χ0n) is 11.3. The van der Waals surface area contributed by atoms with Crippen LogP contribution in [0.4, 0.5) is 0 Å². The summed E-state index contributed by atoms with van der Waals surface area (Å²) in [6, 6.07) is 0. The van der Waals surface area contributed by atoms with E-state index >= 15 is 0 Å². The molecule has 0 aliphatic rings. The largest absolute Gasteiger partial charge is 0.394 e. The zero-order chi connectivity index (χ0) is 17.2. The summed E-state index contributed by atoms with van der Waals surface area (Å²) in [4.78, 5) is 19.6. The highest BCUT2D eigenvalue weighted by Crippen LogP contribution is 2.02. The lowest BCUT2D eigenvalue weighted by atomic mass is 10.1. The average molecular weight is 314 g/mol. The predicted molar refractivity (Wildman–Crippen MR) is 66.9 cm³/mol. The van der Waals surface area contributed by atoms with E-state index in [9.17, 15) is 9.59 Å². The van der Waals surface area contributed by atoms with Gasteiger partial charge in [-0.1, -0.05) is 0 Å². The third kappa shape index (κ3) is 8.80. The molecule has 21 heavy (non-hydrogen) atoms. The Morgan fingerprint density at radius 3 is 1.43 bits per heavy atom. The van der Waals surface area contributed by atoms with Gasteiger partial charge in [0, 0.05) is 0 Å². The third-order valence-electron chi connectivity index (χ3n) is 2.40. The highest BCUT2D eigenvalue weighted by Gasteiger charge is 2.27. The number of hydrogen-bond donors (Lipinski definition) is 8. The molecule has 3 unspecified atom stereocenters. The number of aliphatic hydroxyl groups excluding tert-OH is 8. The fraction of sp³-hybridized carbons (Fsp3) is 0.818. The second-order valence-corrected chi connectivity index (χ2v) is 4.22. The van der Waals surface area contributed by atoms with Crippen LogP contribution in [0, 0.1) is 0 Å². The Morgan fingerprint density at radius 2 is 1.14 bits per heavy atom. The summed E-state index contributed by atoms with van der Waals surface area (Å²) >= 11 is 0. The first-order valence-corrected chi connectivity index (χ1v) is 5.91. The zero-order valence-corrected chi connectivity index (χ0v) is 11.3. The number of rotatable bonds is 8. The molecule has 0 aromatic rings. The van der Waals surface area contributed by atoms with E-state index in [1.165, 1.54) is 6.92 Å². The van der Waals surface area contributed by atoms with Gasteiger partial charge >= 0.3 is 0 Å². The molecule has 0 aliphatic carbocycles. The fourth-order valence-corrected chi connectivity index (χ4v) is 0.984.